The first-order valence-electron chi connectivity index (χ1n) is 5.42. The van der Waals surface area contributed by atoms with Crippen molar-refractivity contribution in [3.05, 3.63) is 28.8 Å². The number of amides is 2. The zero-order chi connectivity index (χ0) is 16.2. The second kappa shape index (κ2) is 6.64. The Balaban J connectivity index is 2.86. The summed E-state index contributed by atoms with van der Waals surface area (Å²) in [5, 5.41) is 20.9. The number of benzene rings is 1. The van der Waals surface area contributed by atoms with E-state index in [1.165, 1.54) is 0 Å². The third kappa shape index (κ3) is 5.12. The number of urea groups is 1. The number of carboxylic acid groups (broad SMARTS) is 1. The minimum atomic E-state index is -4.65. The largest absolute Gasteiger partial charge is 0.480 e. The molecule has 0 saturated heterocycles. The van der Waals surface area contributed by atoms with Crippen LogP contribution in [0.3, 0.4) is 0 Å². The number of carboxylic acids is 1. The zero-order valence-electron chi connectivity index (χ0n) is 10.2. The molecule has 0 bridgehead atoms. The molecular weight excluding hydrogens is 317 g/mol. The Morgan fingerprint density at radius 3 is 2.38 bits per heavy atom. The summed E-state index contributed by atoms with van der Waals surface area (Å²) in [6.45, 7) is -0.869. The van der Waals surface area contributed by atoms with Crippen molar-refractivity contribution in [2.75, 3.05) is 11.9 Å². The van der Waals surface area contributed by atoms with Gasteiger partial charge in [-0.15, -0.1) is 0 Å². The average Bonchev–Trinajstić information content (AvgIpc) is 2.33. The summed E-state index contributed by atoms with van der Waals surface area (Å²) in [6.07, 6.45) is -4.65. The first kappa shape index (κ1) is 17.1. The van der Waals surface area contributed by atoms with Crippen molar-refractivity contribution in [2.24, 2.45) is 0 Å². The van der Waals surface area contributed by atoms with Crippen LogP contribution in [0.5, 0.6) is 0 Å². The number of anilines is 1. The minimum Gasteiger partial charge on any atom is -0.480 e. The van der Waals surface area contributed by atoms with Gasteiger partial charge in [-0.1, -0.05) is 11.6 Å². The van der Waals surface area contributed by atoms with Gasteiger partial charge >= 0.3 is 18.2 Å². The third-order valence-electron chi connectivity index (χ3n) is 2.27. The molecule has 6 nitrogen and oxygen atoms in total. The highest BCUT2D eigenvalue weighted by Gasteiger charge is 2.31. The van der Waals surface area contributed by atoms with E-state index in [0.29, 0.717) is 12.1 Å². The summed E-state index contributed by atoms with van der Waals surface area (Å²) in [7, 11) is 0. The van der Waals surface area contributed by atoms with E-state index in [0.717, 1.165) is 6.07 Å². The monoisotopic (exact) mass is 326 g/mol. The summed E-state index contributed by atoms with van der Waals surface area (Å²) in [5.41, 5.74) is -1.34. The van der Waals surface area contributed by atoms with Crippen molar-refractivity contribution in [1.29, 1.82) is 0 Å². The van der Waals surface area contributed by atoms with E-state index >= 15 is 0 Å². The highest BCUT2D eigenvalue weighted by atomic mass is 35.5. The molecule has 0 unspecified atom stereocenters. The van der Waals surface area contributed by atoms with Crippen LogP contribution in [0, 0.1) is 0 Å². The SMILES string of the molecule is O=C(Nc1cc(Cl)cc(C(F)(F)F)c1)N[C@@H](CO)C(=O)O. The number of rotatable bonds is 4. The normalized spacial score (nSPS) is 12.6. The molecule has 0 aromatic heterocycles. The van der Waals surface area contributed by atoms with Crippen LogP contribution in [0.15, 0.2) is 18.2 Å². The molecule has 0 aliphatic carbocycles. The summed E-state index contributed by atoms with van der Waals surface area (Å²) < 4.78 is 37.7. The molecule has 21 heavy (non-hydrogen) atoms. The molecule has 0 aliphatic heterocycles. The molecule has 116 valence electrons. The maximum absolute atomic E-state index is 12.6. The molecule has 2 amide bonds. The fourth-order valence-electron chi connectivity index (χ4n) is 1.34. The standard InChI is InChI=1S/C11H10ClF3N2O4/c12-6-1-5(11(13,14)15)2-7(3-6)16-10(21)17-8(4-18)9(19)20/h1-3,8,18H,4H2,(H,19,20)(H2,16,17,21)/t8-/m0/s1. The Morgan fingerprint density at radius 1 is 1.29 bits per heavy atom. The van der Waals surface area contributed by atoms with Crippen LogP contribution in [-0.2, 0) is 11.0 Å². The number of aliphatic hydroxyl groups is 1. The summed E-state index contributed by atoms with van der Waals surface area (Å²) in [4.78, 5) is 22.0. The fraction of sp³-hybridized carbons (Fsp3) is 0.273. The number of hydrogen-bond acceptors (Lipinski definition) is 3. The van der Waals surface area contributed by atoms with Crippen LogP contribution >= 0.6 is 11.6 Å². The van der Waals surface area contributed by atoms with Crippen molar-refractivity contribution in [2.45, 2.75) is 12.2 Å². The van der Waals surface area contributed by atoms with Crippen LogP contribution < -0.4 is 10.6 Å². The molecule has 0 spiro atoms. The van der Waals surface area contributed by atoms with Crippen molar-refractivity contribution < 1.29 is 33.0 Å². The van der Waals surface area contributed by atoms with Gasteiger partial charge in [-0.2, -0.15) is 13.2 Å². The highest BCUT2D eigenvalue weighted by Crippen LogP contribution is 2.33. The van der Waals surface area contributed by atoms with Crippen LogP contribution in [0.25, 0.3) is 0 Å². The van der Waals surface area contributed by atoms with E-state index in [9.17, 15) is 22.8 Å². The summed E-state index contributed by atoms with van der Waals surface area (Å²) in [5.74, 6) is -1.49. The van der Waals surface area contributed by atoms with Crippen LogP contribution in [-0.4, -0.2) is 34.9 Å². The molecule has 10 heteroatoms. The number of alkyl halides is 3. The van der Waals surface area contributed by atoms with Gasteiger partial charge in [0.2, 0.25) is 0 Å². The third-order valence-corrected chi connectivity index (χ3v) is 2.49. The highest BCUT2D eigenvalue weighted by molar-refractivity contribution is 6.31. The van der Waals surface area contributed by atoms with Gasteiger partial charge in [-0.05, 0) is 18.2 Å². The molecule has 1 aromatic carbocycles. The first-order chi connectivity index (χ1) is 9.63. The fourth-order valence-corrected chi connectivity index (χ4v) is 1.57. The minimum absolute atomic E-state index is 0.253. The number of aliphatic hydroxyl groups excluding tert-OH is 1. The van der Waals surface area contributed by atoms with E-state index in [4.69, 9.17) is 21.8 Å². The maximum atomic E-state index is 12.6. The van der Waals surface area contributed by atoms with Gasteiger partial charge in [0, 0.05) is 10.7 Å². The quantitative estimate of drug-likeness (QED) is 0.679. The molecule has 1 rings (SSSR count). The Hall–Kier alpha value is -2.00. The Kier molecular flexibility index (Phi) is 5.39. The topological polar surface area (TPSA) is 98.7 Å². The lowest BCUT2D eigenvalue weighted by atomic mass is 10.2. The zero-order valence-corrected chi connectivity index (χ0v) is 11.0. The molecule has 0 radical (unpaired) electrons. The molecule has 0 fully saturated rings. The Bertz CT molecular complexity index is 551. The predicted octanol–water partition coefficient (Wildman–Crippen LogP) is 1.93. The van der Waals surface area contributed by atoms with Crippen LogP contribution in [0.2, 0.25) is 5.02 Å². The van der Waals surface area contributed by atoms with Gasteiger partial charge in [0.1, 0.15) is 0 Å². The lowest BCUT2D eigenvalue weighted by molar-refractivity contribution is -0.140. The molecule has 0 saturated carbocycles. The van der Waals surface area contributed by atoms with Crippen LogP contribution in [0.4, 0.5) is 23.7 Å². The van der Waals surface area contributed by atoms with Gasteiger partial charge < -0.3 is 20.8 Å². The van der Waals surface area contributed by atoms with Crippen molar-refractivity contribution in [3.63, 3.8) is 0 Å². The molecule has 0 aliphatic rings. The van der Waals surface area contributed by atoms with E-state index in [1.807, 2.05) is 10.6 Å². The number of halogens is 4. The molecule has 1 aromatic rings. The van der Waals surface area contributed by atoms with Gasteiger partial charge in [-0.3, -0.25) is 0 Å². The second-order valence-corrected chi connectivity index (χ2v) is 4.33. The Morgan fingerprint density at radius 2 is 1.90 bits per heavy atom. The van der Waals surface area contributed by atoms with Crippen molar-refractivity contribution >= 4 is 29.3 Å². The number of carbonyl (C=O) groups excluding carboxylic acids is 1. The van der Waals surface area contributed by atoms with E-state index in [-0.39, 0.29) is 10.7 Å². The Labute approximate surface area is 121 Å². The average molecular weight is 327 g/mol. The summed E-state index contributed by atoms with van der Waals surface area (Å²) >= 11 is 5.52. The maximum Gasteiger partial charge on any atom is 0.416 e. The van der Waals surface area contributed by atoms with Gasteiger partial charge in [-0.25, -0.2) is 9.59 Å². The van der Waals surface area contributed by atoms with Gasteiger partial charge in [0.25, 0.3) is 0 Å². The van der Waals surface area contributed by atoms with E-state index in [2.05, 4.69) is 0 Å². The number of nitrogens with one attached hydrogen (secondary N) is 2. The van der Waals surface area contributed by atoms with E-state index in [1.54, 1.807) is 0 Å². The van der Waals surface area contributed by atoms with Crippen LogP contribution in [0.1, 0.15) is 5.56 Å². The molecular formula is C11H10ClF3N2O4. The van der Waals surface area contributed by atoms with Gasteiger partial charge in [0.05, 0.1) is 12.2 Å². The molecule has 4 N–H and O–H groups in total. The van der Waals surface area contributed by atoms with Crippen molar-refractivity contribution in [1.82, 2.24) is 5.32 Å². The first-order valence-corrected chi connectivity index (χ1v) is 5.80. The lowest BCUT2D eigenvalue weighted by Crippen LogP contribution is -2.45. The van der Waals surface area contributed by atoms with E-state index < -0.39 is 36.4 Å². The summed E-state index contributed by atoms with van der Waals surface area (Å²) in [6, 6.07) is -0.290. The number of hydrogen-bond donors (Lipinski definition) is 4. The second-order valence-electron chi connectivity index (χ2n) is 3.90. The molecule has 0 heterocycles. The lowest BCUT2D eigenvalue weighted by Gasteiger charge is -2.14. The predicted molar refractivity (Wildman–Crippen MR) is 67.1 cm³/mol. The van der Waals surface area contributed by atoms with Crippen molar-refractivity contribution in [3.8, 4) is 0 Å². The number of aliphatic carboxylic acids is 1. The number of carbonyl (C=O) groups is 2. The van der Waals surface area contributed by atoms with Gasteiger partial charge in [0.15, 0.2) is 6.04 Å². The molecule has 1 atom stereocenters. The smallest absolute Gasteiger partial charge is 0.416 e.